The molecule has 2 rings (SSSR count). The Morgan fingerprint density at radius 1 is 1.50 bits per heavy atom. The van der Waals surface area contributed by atoms with Crippen LogP contribution in [0.3, 0.4) is 0 Å². The van der Waals surface area contributed by atoms with E-state index in [4.69, 9.17) is 4.74 Å². The molecule has 0 aromatic heterocycles. The van der Waals surface area contributed by atoms with Crippen molar-refractivity contribution in [3.05, 3.63) is 23.8 Å². The second kappa shape index (κ2) is 4.57. The molecule has 16 heavy (non-hydrogen) atoms. The van der Waals surface area contributed by atoms with Crippen LogP contribution in [0, 0.1) is 0 Å². The molecule has 0 atom stereocenters. The van der Waals surface area contributed by atoms with E-state index in [0.29, 0.717) is 23.4 Å². The molecule has 1 aromatic rings. The van der Waals surface area contributed by atoms with Gasteiger partial charge in [0.15, 0.2) is 0 Å². The van der Waals surface area contributed by atoms with Gasteiger partial charge in [-0.05, 0) is 12.1 Å². The van der Waals surface area contributed by atoms with E-state index in [1.54, 1.807) is 18.2 Å². The molecule has 1 aromatic carbocycles. The summed E-state index contributed by atoms with van der Waals surface area (Å²) in [6.07, 6.45) is 0.458. The zero-order valence-electron chi connectivity index (χ0n) is 8.78. The third-order valence-corrected chi connectivity index (χ3v) is 3.41. The average molecular weight is 237 g/mol. The number of anilines is 1. The molecule has 0 aliphatic carbocycles. The van der Waals surface area contributed by atoms with Crippen LogP contribution < -0.4 is 5.32 Å². The second-order valence-corrected chi connectivity index (χ2v) is 4.43. The number of hydrogen-bond donors (Lipinski definition) is 1. The van der Waals surface area contributed by atoms with Gasteiger partial charge >= 0.3 is 5.97 Å². The number of nitrogens with one attached hydrogen (secondary N) is 1. The first kappa shape index (κ1) is 11.0. The summed E-state index contributed by atoms with van der Waals surface area (Å²) in [6.45, 7) is 0. The molecule has 1 N–H and O–H groups in total. The summed E-state index contributed by atoms with van der Waals surface area (Å²) in [5.74, 6) is 0.279. The molecule has 0 spiro atoms. The first-order chi connectivity index (χ1) is 7.72. The number of hydrogen-bond acceptors (Lipinski definition) is 4. The maximum absolute atomic E-state index is 11.5. The summed E-state index contributed by atoms with van der Waals surface area (Å²) in [7, 11) is 1.35. The molecule has 1 heterocycles. The van der Waals surface area contributed by atoms with Crippen LogP contribution in [0.25, 0.3) is 0 Å². The van der Waals surface area contributed by atoms with Gasteiger partial charge in [0.05, 0.1) is 18.4 Å². The Kier molecular flexibility index (Phi) is 3.14. The fraction of sp³-hybridized carbons (Fsp3) is 0.273. The lowest BCUT2D eigenvalue weighted by Crippen LogP contribution is -2.11. The van der Waals surface area contributed by atoms with Gasteiger partial charge in [0, 0.05) is 17.1 Å². The summed E-state index contributed by atoms with van der Waals surface area (Å²) in [4.78, 5) is 23.7. The average Bonchev–Trinajstić information content (AvgIpc) is 2.48. The van der Waals surface area contributed by atoms with Crippen molar-refractivity contribution in [3.8, 4) is 0 Å². The predicted octanol–water partition coefficient (Wildman–Crippen LogP) is 1.91. The number of carbonyl (C=O) groups excluding carboxylic acids is 2. The molecule has 4 nitrogen and oxygen atoms in total. The van der Waals surface area contributed by atoms with E-state index in [1.165, 1.54) is 18.9 Å². The minimum Gasteiger partial charge on any atom is -0.465 e. The topological polar surface area (TPSA) is 55.4 Å². The van der Waals surface area contributed by atoms with Crippen molar-refractivity contribution < 1.29 is 14.3 Å². The van der Waals surface area contributed by atoms with Gasteiger partial charge in [0.2, 0.25) is 5.91 Å². The van der Waals surface area contributed by atoms with Gasteiger partial charge in [-0.25, -0.2) is 4.79 Å². The van der Waals surface area contributed by atoms with E-state index in [2.05, 4.69) is 5.32 Å². The molecule has 0 unspecified atom stereocenters. The molecule has 1 amide bonds. The molecule has 0 saturated heterocycles. The zero-order chi connectivity index (χ0) is 11.5. The molecule has 1 aliphatic heterocycles. The highest BCUT2D eigenvalue weighted by atomic mass is 32.2. The van der Waals surface area contributed by atoms with Crippen molar-refractivity contribution in [2.75, 3.05) is 18.2 Å². The van der Waals surface area contributed by atoms with Crippen LogP contribution >= 0.6 is 11.8 Å². The molecule has 5 heteroatoms. The van der Waals surface area contributed by atoms with Crippen LogP contribution in [0.2, 0.25) is 0 Å². The van der Waals surface area contributed by atoms with Crippen LogP contribution in [0.5, 0.6) is 0 Å². The Morgan fingerprint density at radius 3 is 3.06 bits per heavy atom. The molecular formula is C11H11NO3S. The largest absolute Gasteiger partial charge is 0.465 e. The highest BCUT2D eigenvalue weighted by Gasteiger charge is 2.19. The fourth-order valence-corrected chi connectivity index (χ4v) is 2.59. The summed E-state index contributed by atoms with van der Waals surface area (Å²) < 4.78 is 4.71. The number of thioether (sulfide) groups is 1. The number of carbonyl (C=O) groups is 2. The van der Waals surface area contributed by atoms with Crippen LogP contribution in [-0.4, -0.2) is 24.7 Å². The Balaban J connectivity index is 2.46. The van der Waals surface area contributed by atoms with Crippen molar-refractivity contribution in [1.29, 1.82) is 0 Å². The minimum absolute atomic E-state index is 0.0201. The van der Waals surface area contributed by atoms with Crippen molar-refractivity contribution >= 4 is 29.3 Å². The fourth-order valence-electron chi connectivity index (χ4n) is 1.52. The van der Waals surface area contributed by atoms with Crippen LogP contribution in [0.15, 0.2) is 23.1 Å². The summed E-state index contributed by atoms with van der Waals surface area (Å²) in [6, 6.07) is 5.23. The van der Waals surface area contributed by atoms with E-state index in [0.717, 1.165) is 4.90 Å². The van der Waals surface area contributed by atoms with Gasteiger partial charge in [0.1, 0.15) is 0 Å². The second-order valence-electron chi connectivity index (χ2n) is 3.32. The highest BCUT2D eigenvalue weighted by molar-refractivity contribution is 7.99. The third kappa shape index (κ3) is 2.04. The Morgan fingerprint density at radius 2 is 2.31 bits per heavy atom. The van der Waals surface area contributed by atoms with Crippen LogP contribution in [0.1, 0.15) is 16.8 Å². The number of fused-ring (bicyclic) bond motifs is 1. The molecule has 0 radical (unpaired) electrons. The van der Waals surface area contributed by atoms with Crippen molar-refractivity contribution in [2.24, 2.45) is 0 Å². The lowest BCUT2D eigenvalue weighted by atomic mass is 10.2. The molecule has 0 bridgehead atoms. The number of esters is 1. The predicted molar refractivity (Wildman–Crippen MR) is 61.8 cm³/mol. The van der Waals surface area contributed by atoms with Crippen molar-refractivity contribution in [2.45, 2.75) is 11.3 Å². The number of amides is 1. The number of rotatable bonds is 1. The quantitative estimate of drug-likeness (QED) is 0.758. The molecule has 1 aliphatic rings. The van der Waals surface area contributed by atoms with Crippen LogP contribution in [0.4, 0.5) is 5.69 Å². The van der Waals surface area contributed by atoms with E-state index in [1.807, 2.05) is 0 Å². The maximum atomic E-state index is 11.5. The Hall–Kier alpha value is -1.49. The lowest BCUT2D eigenvalue weighted by Gasteiger charge is -2.09. The number of ether oxygens (including phenoxy) is 1. The van der Waals surface area contributed by atoms with Crippen LogP contribution in [-0.2, 0) is 9.53 Å². The van der Waals surface area contributed by atoms with Gasteiger partial charge in [-0.3, -0.25) is 4.79 Å². The Labute approximate surface area is 97.4 Å². The van der Waals surface area contributed by atoms with Gasteiger partial charge in [-0.15, -0.1) is 11.8 Å². The minimum atomic E-state index is -0.375. The third-order valence-electron chi connectivity index (χ3n) is 2.27. The highest BCUT2D eigenvalue weighted by Crippen LogP contribution is 2.34. The smallest absolute Gasteiger partial charge is 0.339 e. The molecular weight excluding hydrogens is 226 g/mol. The van der Waals surface area contributed by atoms with E-state index in [9.17, 15) is 9.59 Å². The lowest BCUT2D eigenvalue weighted by molar-refractivity contribution is -0.115. The summed E-state index contributed by atoms with van der Waals surface area (Å²) >= 11 is 1.50. The van der Waals surface area contributed by atoms with E-state index in [-0.39, 0.29) is 11.9 Å². The molecule has 0 saturated carbocycles. The normalized spacial score (nSPS) is 14.7. The van der Waals surface area contributed by atoms with Gasteiger partial charge in [-0.2, -0.15) is 0 Å². The summed E-state index contributed by atoms with van der Waals surface area (Å²) in [5.41, 5.74) is 1.20. The van der Waals surface area contributed by atoms with Crippen molar-refractivity contribution in [3.63, 3.8) is 0 Å². The van der Waals surface area contributed by atoms with Gasteiger partial charge in [-0.1, -0.05) is 6.07 Å². The maximum Gasteiger partial charge on any atom is 0.339 e. The summed E-state index contributed by atoms with van der Waals surface area (Å²) in [5, 5.41) is 2.77. The van der Waals surface area contributed by atoms with E-state index < -0.39 is 0 Å². The number of benzene rings is 1. The van der Waals surface area contributed by atoms with Gasteiger partial charge in [0.25, 0.3) is 0 Å². The monoisotopic (exact) mass is 237 g/mol. The first-order valence-electron chi connectivity index (χ1n) is 4.86. The van der Waals surface area contributed by atoms with Crippen molar-refractivity contribution in [1.82, 2.24) is 0 Å². The van der Waals surface area contributed by atoms with Gasteiger partial charge < -0.3 is 10.1 Å². The zero-order valence-corrected chi connectivity index (χ0v) is 9.60. The van der Waals surface area contributed by atoms with E-state index >= 15 is 0 Å². The molecule has 0 fully saturated rings. The molecule has 84 valence electrons. The SMILES string of the molecule is COC(=O)c1cccc2c1SCCC(=O)N2. The standard InChI is InChI=1S/C11H11NO3S/c1-15-11(14)7-3-2-4-8-10(7)16-6-5-9(13)12-8/h2-4H,5-6H2,1H3,(H,12,13). The Bertz CT molecular complexity index is 445. The number of methoxy groups -OCH3 is 1. The first-order valence-corrected chi connectivity index (χ1v) is 5.85.